The standard InChI is InChI=1S/C19H28N6O2/c1-3-14(2)21-19(27)20-9-12-25-17-8-7-15(13-16(17)22-23-25)18(26)24-10-5-4-6-11-24/h7-8,13-14H,3-6,9-12H2,1-2H3,(H2,20,21,27). The Hall–Kier alpha value is -2.64. The molecule has 1 atom stereocenters. The van der Waals surface area contributed by atoms with Crippen LogP contribution in [0.2, 0.25) is 0 Å². The molecular formula is C19H28N6O2. The zero-order chi connectivity index (χ0) is 19.2. The molecule has 0 aliphatic carbocycles. The van der Waals surface area contributed by atoms with Crippen molar-refractivity contribution in [2.24, 2.45) is 0 Å². The van der Waals surface area contributed by atoms with E-state index in [1.54, 1.807) is 10.7 Å². The average molecular weight is 372 g/mol. The number of nitrogens with zero attached hydrogens (tertiary/aromatic N) is 4. The molecule has 3 rings (SSSR count). The predicted octanol–water partition coefficient (Wildman–Crippen LogP) is 2.16. The van der Waals surface area contributed by atoms with Crippen LogP contribution in [-0.2, 0) is 6.54 Å². The second kappa shape index (κ2) is 8.83. The number of urea groups is 1. The van der Waals surface area contributed by atoms with Crippen LogP contribution in [0.25, 0.3) is 11.0 Å². The van der Waals surface area contributed by atoms with E-state index in [1.165, 1.54) is 6.42 Å². The predicted molar refractivity (Wildman–Crippen MR) is 104 cm³/mol. The minimum atomic E-state index is -0.178. The third-order valence-electron chi connectivity index (χ3n) is 5.00. The Morgan fingerprint density at radius 3 is 2.74 bits per heavy atom. The van der Waals surface area contributed by atoms with Gasteiger partial charge in [0.1, 0.15) is 5.52 Å². The molecule has 1 saturated heterocycles. The summed E-state index contributed by atoms with van der Waals surface area (Å²) in [5, 5.41) is 14.0. The maximum absolute atomic E-state index is 12.6. The molecule has 2 heterocycles. The number of hydrogen-bond donors (Lipinski definition) is 2. The second-order valence-corrected chi connectivity index (χ2v) is 7.08. The lowest BCUT2D eigenvalue weighted by Gasteiger charge is -2.26. The SMILES string of the molecule is CCC(C)NC(=O)NCCn1nnc2cc(C(=O)N3CCCCC3)ccc21. The summed E-state index contributed by atoms with van der Waals surface area (Å²) >= 11 is 0. The maximum Gasteiger partial charge on any atom is 0.315 e. The number of fused-ring (bicyclic) bond motifs is 1. The monoisotopic (exact) mass is 372 g/mol. The number of rotatable bonds is 6. The highest BCUT2D eigenvalue weighted by atomic mass is 16.2. The first-order valence-electron chi connectivity index (χ1n) is 9.75. The van der Waals surface area contributed by atoms with Crippen LogP contribution in [0, 0.1) is 0 Å². The van der Waals surface area contributed by atoms with Crippen molar-refractivity contribution in [2.45, 2.75) is 52.1 Å². The quantitative estimate of drug-likeness (QED) is 0.813. The zero-order valence-corrected chi connectivity index (χ0v) is 16.1. The summed E-state index contributed by atoms with van der Waals surface area (Å²) in [7, 11) is 0. The van der Waals surface area contributed by atoms with E-state index in [0.717, 1.165) is 37.9 Å². The molecule has 1 aromatic carbocycles. The number of hydrogen-bond acceptors (Lipinski definition) is 4. The zero-order valence-electron chi connectivity index (χ0n) is 16.1. The van der Waals surface area contributed by atoms with Gasteiger partial charge in [-0.3, -0.25) is 4.79 Å². The molecule has 1 aliphatic heterocycles. The van der Waals surface area contributed by atoms with Crippen LogP contribution in [0.1, 0.15) is 49.9 Å². The van der Waals surface area contributed by atoms with Crippen LogP contribution >= 0.6 is 0 Å². The first-order chi connectivity index (χ1) is 13.1. The van der Waals surface area contributed by atoms with Gasteiger partial charge in [-0.2, -0.15) is 0 Å². The molecule has 1 aliphatic rings. The Balaban J connectivity index is 1.60. The molecular weight excluding hydrogens is 344 g/mol. The van der Waals surface area contributed by atoms with Gasteiger partial charge in [-0.05, 0) is 50.8 Å². The van der Waals surface area contributed by atoms with Crippen molar-refractivity contribution in [3.05, 3.63) is 23.8 Å². The van der Waals surface area contributed by atoms with Gasteiger partial charge in [-0.25, -0.2) is 9.48 Å². The number of amides is 3. The number of piperidine rings is 1. The minimum absolute atomic E-state index is 0.0644. The van der Waals surface area contributed by atoms with Gasteiger partial charge in [0.15, 0.2) is 0 Å². The molecule has 1 aromatic heterocycles. The van der Waals surface area contributed by atoms with Crippen LogP contribution < -0.4 is 10.6 Å². The van der Waals surface area contributed by atoms with Crippen LogP contribution in [0.4, 0.5) is 4.79 Å². The highest BCUT2D eigenvalue weighted by Crippen LogP contribution is 2.17. The van der Waals surface area contributed by atoms with E-state index < -0.39 is 0 Å². The summed E-state index contributed by atoms with van der Waals surface area (Å²) in [5.41, 5.74) is 2.21. The van der Waals surface area contributed by atoms with E-state index in [0.29, 0.717) is 24.2 Å². The Morgan fingerprint density at radius 2 is 2.00 bits per heavy atom. The molecule has 0 spiro atoms. The number of benzene rings is 1. The fourth-order valence-corrected chi connectivity index (χ4v) is 3.20. The molecule has 1 fully saturated rings. The highest BCUT2D eigenvalue weighted by molar-refractivity contribution is 5.97. The van der Waals surface area contributed by atoms with Gasteiger partial charge in [0, 0.05) is 31.2 Å². The Bertz CT molecular complexity index is 797. The normalized spacial score (nSPS) is 15.6. The molecule has 1 unspecified atom stereocenters. The second-order valence-electron chi connectivity index (χ2n) is 7.08. The molecule has 0 bridgehead atoms. The number of carbonyl (C=O) groups is 2. The number of carbonyl (C=O) groups excluding carboxylic acids is 2. The van der Waals surface area contributed by atoms with Gasteiger partial charge >= 0.3 is 6.03 Å². The van der Waals surface area contributed by atoms with Crippen LogP contribution in [0.3, 0.4) is 0 Å². The summed E-state index contributed by atoms with van der Waals surface area (Å²) in [4.78, 5) is 26.3. The molecule has 0 saturated carbocycles. The fraction of sp³-hybridized carbons (Fsp3) is 0.579. The molecule has 27 heavy (non-hydrogen) atoms. The van der Waals surface area contributed by atoms with Gasteiger partial charge in [0.2, 0.25) is 0 Å². The van der Waals surface area contributed by atoms with Crippen LogP contribution in [0.5, 0.6) is 0 Å². The van der Waals surface area contributed by atoms with E-state index in [2.05, 4.69) is 20.9 Å². The molecule has 2 N–H and O–H groups in total. The molecule has 8 nitrogen and oxygen atoms in total. The van der Waals surface area contributed by atoms with Crippen molar-refractivity contribution in [1.82, 2.24) is 30.5 Å². The molecule has 8 heteroatoms. The number of aromatic nitrogens is 3. The van der Waals surface area contributed by atoms with Gasteiger partial charge in [0.25, 0.3) is 5.91 Å². The van der Waals surface area contributed by atoms with Gasteiger partial charge in [-0.15, -0.1) is 5.10 Å². The Morgan fingerprint density at radius 1 is 1.22 bits per heavy atom. The first-order valence-corrected chi connectivity index (χ1v) is 9.75. The highest BCUT2D eigenvalue weighted by Gasteiger charge is 2.19. The lowest BCUT2D eigenvalue weighted by atomic mass is 10.1. The average Bonchev–Trinajstić information content (AvgIpc) is 3.10. The summed E-state index contributed by atoms with van der Waals surface area (Å²) in [6.45, 7) is 6.62. The van der Waals surface area contributed by atoms with Crippen LogP contribution in [-0.4, -0.2) is 57.5 Å². The maximum atomic E-state index is 12.6. The van der Waals surface area contributed by atoms with E-state index in [4.69, 9.17) is 0 Å². The van der Waals surface area contributed by atoms with E-state index in [9.17, 15) is 9.59 Å². The summed E-state index contributed by atoms with van der Waals surface area (Å²) in [5.74, 6) is 0.0644. The Labute approximate surface area is 159 Å². The number of nitrogens with one attached hydrogen (secondary N) is 2. The van der Waals surface area contributed by atoms with Crippen molar-refractivity contribution in [3.63, 3.8) is 0 Å². The van der Waals surface area contributed by atoms with Crippen molar-refractivity contribution in [1.29, 1.82) is 0 Å². The smallest absolute Gasteiger partial charge is 0.315 e. The minimum Gasteiger partial charge on any atom is -0.339 e. The number of likely N-dealkylation sites (tertiary alicyclic amines) is 1. The third kappa shape index (κ3) is 4.75. The van der Waals surface area contributed by atoms with Gasteiger partial charge in [0.05, 0.1) is 12.1 Å². The first kappa shape index (κ1) is 19.1. The Kier molecular flexibility index (Phi) is 6.26. The fourth-order valence-electron chi connectivity index (χ4n) is 3.20. The van der Waals surface area contributed by atoms with Gasteiger partial charge in [-0.1, -0.05) is 12.1 Å². The summed E-state index contributed by atoms with van der Waals surface area (Å²) in [6, 6.07) is 5.49. The van der Waals surface area contributed by atoms with Gasteiger partial charge < -0.3 is 15.5 Å². The van der Waals surface area contributed by atoms with Crippen molar-refractivity contribution in [3.8, 4) is 0 Å². The van der Waals surface area contributed by atoms with E-state index in [-0.39, 0.29) is 18.0 Å². The van der Waals surface area contributed by atoms with E-state index >= 15 is 0 Å². The molecule has 2 aromatic rings. The summed E-state index contributed by atoms with van der Waals surface area (Å²) in [6.07, 6.45) is 4.23. The largest absolute Gasteiger partial charge is 0.339 e. The van der Waals surface area contributed by atoms with Crippen molar-refractivity contribution >= 4 is 23.0 Å². The molecule has 146 valence electrons. The lowest BCUT2D eigenvalue weighted by Crippen LogP contribution is -2.41. The van der Waals surface area contributed by atoms with Crippen LogP contribution in [0.15, 0.2) is 18.2 Å². The molecule has 3 amide bonds. The van der Waals surface area contributed by atoms with E-state index in [1.807, 2.05) is 30.9 Å². The lowest BCUT2D eigenvalue weighted by molar-refractivity contribution is 0.0724. The summed E-state index contributed by atoms with van der Waals surface area (Å²) < 4.78 is 1.74. The third-order valence-corrected chi connectivity index (χ3v) is 5.00. The topological polar surface area (TPSA) is 92.1 Å². The van der Waals surface area contributed by atoms with Crippen molar-refractivity contribution < 1.29 is 9.59 Å². The van der Waals surface area contributed by atoms with Crippen molar-refractivity contribution in [2.75, 3.05) is 19.6 Å². The molecule has 0 radical (unpaired) electrons.